The monoisotopic (exact) mass is 264 g/mol. The number of sulfonamides is 1. The standard InChI is InChI=1S/C12H28N2O2S/c1-4-7-9-11(8-5-2)14-17(15,16)12(6-3)10-13/h11-12,14H,4-10,13H2,1-3H3. The summed E-state index contributed by atoms with van der Waals surface area (Å²) in [6, 6.07) is 0.0746. The predicted molar refractivity (Wildman–Crippen MR) is 73.4 cm³/mol. The van der Waals surface area contributed by atoms with Crippen LogP contribution in [0.2, 0.25) is 0 Å². The molecule has 0 saturated carbocycles. The minimum Gasteiger partial charge on any atom is -0.329 e. The molecule has 0 bridgehead atoms. The molecule has 0 aliphatic carbocycles. The minimum absolute atomic E-state index is 0.0746. The van der Waals surface area contributed by atoms with E-state index in [2.05, 4.69) is 18.6 Å². The van der Waals surface area contributed by atoms with Gasteiger partial charge in [0, 0.05) is 12.6 Å². The minimum atomic E-state index is -3.25. The zero-order valence-corrected chi connectivity index (χ0v) is 12.2. The van der Waals surface area contributed by atoms with E-state index in [-0.39, 0.29) is 12.6 Å². The number of rotatable bonds is 10. The van der Waals surface area contributed by atoms with Crippen molar-refractivity contribution in [1.29, 1.82) is 0 Å². The summed E-state index contributed by atoms with van der Waals surface area (Å²) in [5.41, 5.74) is 5.50. The lowest BCUT2D eigenvalue weighted by Crippen LogP contribution is -2.43. The Morgan fingerprint density at radius 1 is 1.12 bits per heavy atom. The maximum Gasteiger partial charge on any atom is 0.215 e. The first-order valence-corrected chi connectivity index (χ1v) is 8.27. The lowest BCUT2D eigenvalue weighted by Gasteiger charge is -2.21. The lowest BCUT2D eigenvalue weighted by atomic mass is 10.1. The van der Waals surface area contributed by atoms with Gasteiger partial charge in [0.25, 0.3) is 0 Å². The van der Waals surface area contributed by atoms with Crippen LogP contribution < -0.4 is 10.5 Å². The van der Waals surface area contributed by atoms with Crippen molar-refractivity contribution in [3.63, 3.8) is 0 Å². The van der Waals surface area contributed by atoms with Crippen molar-refractivity contribution in [3.8, 4) is 0 Å². The normalized spacial score (nSPS) is 15.8. The van der Waals surface area contributed by atoms with Crippen molar-refractivity contribution in [2.75, 3.05) is 6.54 Å². The van der Waals surface area contributed by atoms with Crippen LogP contribution in [0.25, 0.3) is 0 Å². The highest BCUT2D eigenvalue weighted by molar-refractivity contribution is 7.90. The molecule has 2 atom stereocenters. The Labute approximate surface area is 106 Å². The number of nitrogens with one attached hydrogen (secondary N) is 1. The SMILES string of the molecule is CCCCC(CCC)NS(=O)(=O)C(CC)CN. The summed E-state index contributed by atoms with van der Waals surface area (Å²) in [5, 5.41) is -0.455. The van der Waals surface area contributed by atoms with Gasteiger partial charge in [-0.25, -0.2) is 13.1 Å². The number of hydrogen-bond donors (Lipinski definition) is 2. The Kier molecular flexibility index (Phi) is 8.82. The third-order valence-corrected chi connectivity index (χ3v) is 5.10. The van der Waals surface area contributed by atoms with Crippen LogP contribution in [0.1, 0.15) is 59.3 Å². The second kappa shape index (κ2) is 8.89. The number of hydrogen-bond acceptors (Lipinski definition) is 3. The molecule has 5 heteroatoms. The largest absolute Gasteiger partial charge is 0.329 e. The van der Waals surface area contributed by atoms with Gasteiger partial charge in [-0.1, -0.05) is 40.0 Å². The van der Waals surface area contributed by atoms with Crippen molar-refractivity contribution in [3.05, 3.63) is 0 Å². The molecular formula is C12H28N2O2S. The Balaban J connectivity index is 4.50. The molecule has 0 aliphatic rings. The van der Waals surface area contributed by atoms with Gasteiger partial charge in [0.1, 0.15) is 0 Å². The average Bonchev–Trinajstić information content (AvgIpc) is 2.27. The molecule has 0 saturated heterocycles. The van der Waals surface area contributed by atoms with E-state index in [9.17, 15) is 8.42 Å². The highest BCUT2D eigenvalue weighted by Gasteiger charge is 2.24. The maximum absolute atomic E-state index is 12.1. The molecule has 0 aliphatic heterocycles. The number of nitrogens with two attached hydrogens (primary N) is 1. The van der Waals surface area contributed by atoms with Gasteiger partial charge in [0.15, 0.2) is 0 Å². The van der Waals surface area contributed by atoms with Gasteiger partial charge in [0.2, 0.25) is 10.0 Å². The Bertz CT molecular complexity index is 274. The van der Waals surface area contributed by atoms with Gasteiger partial charge in [-0.3, -0.25) is 0 Å². The van der Waals surface area contributed by atoms with E-state index in [1.807, 2.05) is 6.92 Å². The lowest BCUT2D eigenvalue weighted by molar-refractivity contribution is 0.477. The molecule has 0 aromatic heterocycles. The molecule has 104 valence electrons. The fraction of sp³-hybridized carbons (Fsp3) is 1.00. The van der Waals surface area contributed by atoms with Gasteiger partial charge >= 0.3 is 0 Å². The first kappa shape index (κ1) is 16.9. The van der Waals surface area contributed by atoms with Crippen molar-refractivity contribution in [1.82, 2.24) is 4.72 Å². The molecule has 4 nitrogen and oxygen atoms in total. The Morgan fingerprint density at radius 2 is 1.76 bits per heavy atom. The molecule has 3 N–H and O–H groups in total. The average molecular weight is 264 g/mol. The second-order valence-corrected chi connectivity index (χ2v) is 6.55. The van der Waals surface area contributed by atoms with E-state index in [4.69, 9.17) is 5.73 Å². The molecule has 0 aromatic rings. The third kappa shape index (κ3) is 6.38. The smallest absolute Gasteiger partial charge is 0.215 e. The van der Waals surface area contributed by atoms with E-state index >= 15 is 0 Å². The molecule has 2 unspecified atom stereocenters. The van der Waals surface area contributed by atoms with Crippen molar-refractivity contribution >= 4 is 10.0 Å². The summed E-state index contributed by atoms with van der Waals surface area (Å²) < 4.78 is 26.9. The molecular weight excluding hydrogens is 236 g/mol. The molecule has 0 aromatic carbocycles. The van der Waals surface area contributed by atoms with Crippen molar-refractivity contribution in [2.45, 2.75) is 70.6 Å². The quantitative estimate of drug-likeness (QED) is 0.634. The molecule has 0 radical (unpaired) electrons. The fourth-order valence-electron chi connectivity index (χ4n) is 1.90. The molecule has 0 fully saturated rings. The highest BCUT2D eigenvalue weighted by Crippen LogP contribution is 2.11. The van der Waals surface area contributed by atoms with Gasteiger partial charge in [-0.05, 0) is 19.3 Å². The summed E-state index contributed by atoms with van der Waals surface area (Å²) in [7, 11) is -3.25. The first-order chi connectivity index (χ1) is 8.01. The summed E-state index contributed by atoms with van der Waals surface area (Å²) in [6.07, 6.45) is 5.54. The molecule has 0 heterocycles. The third-order valence-electron chi connectivity index (χ3n) is 3.03. The highest BCUT2D eigenvalue weighted by atomic mass is 32.2. The molecule has 0 spiro atoms. The van der Waals surface area contributed by atoms with Crippen LogP contribution in [0.15, 0.2) is 0 Å². The van der Waals surface area contributed by atoms with E-state index in [1.165, 1.54) is 0 Å². The Hall–Kier alpha value is -0.130. The van der Waals surface area contributed by atoms with Crippen LogP contribution in [-0.4, -0.2) is 26.3 Å². The van der Waals surface area contributed by atoms with Crippen LogP contribution in [0.4, 0.5) is 0 Å². The van der Waals surface area contributed by atoms with Gasteiger partial charge in [-0.2, -0.15) is 0 Å². The molecule has 0 amide bonds. The topological polar surface area (TPSA) is 72.2 Å². The van der Waals surface area contributed by atoms with Crippen LogP contribution in [0, 0.1) is 0 Å². The Morgan fingerprint density at radius 3 is 2.18 bits per heavy atom. The summed E-state index contributed by atoms with van der Waals surface area (Å²) >= 11 is 0. The van der Waals surface area contributed by atoms with Crippen LogP contribution >= 0.6 is 0 Å². The molecule has 17 heavy (non-hydrogen) atoms. The van der Waals surface area contributed by atoms with Gasteiger partial charge in [-0.15, -0.1) is 0 Å². The maximum atomic E-state index is 12.1. The van der Waals surface area contributed by atoms with Gasteiger partial charge in [0.05, 0.1) is 5.25 Å². The van der Waals surface area contributed by atoms with E-state index in [0.717, 1.165) is 32.1 Å². The second-order valence-electron chi connectivity index (χ2n) is 4.56. The van der Waals surface area contributed by atoms with E-state index < -0.39 is 15.3 Å². The van der Waals surface area contributed by atoms with E-state index in [0.29, 0.717) is 6.42 Å². The summed E-state index contributed by atoms with van der Waals surface area (Å²) in [6.45, 7) is 6.25. The summed E-state index contributed by atoms with van der Waals surface area (Å²) in [5.74, 6) is 0. The summed E-state index contributed by atoms with van der Waals surface area (Å²) in [4.78, 5) is 0. The predicted octanol–water partition coefficient (Wildman–Crippen LogP) is 2.00. The molecule has 0 rings (SSSR count). The van der Waals surface area contributed by atoms with Crippen LogP contribution in [-0.2, 0) is 10.0 Å². The first-order valence-electron chi connectivity index (χ1n) is 6.72. The fourth-order valence-corrected chi connectivity index (χ4v) is 3.49. The zero-order valence-electron chi connectivity index (χ0n) is 11.4. The van der Waals surface area contributed by atoms with Crippen LogP contribution in [0.3, 0.4) is 0 Å². The van der Waals surface area contributed by atoms with Crippen molar-refractivity contribution in [2.24, 2.45) is 5.73 Å². The zero-order chi connectivity index (χ0) is 13.3. The number of unbranched alkanes of at least 4 members (excludes halogenated alkanes) is 1. The van der Waals surface area contributed by atoms with E-state index in [1.54, 1.807) is 0 Å². The van der Waals surface area contributed by atoms with Crippen molar-refractivity contribution < 1.29 is 8.42 Å². The van der Waals surface area contributed by atoms with Crippen LogP contribution in [0.5, 0.6) is 0 Å². The van der Waals surface area contributed by atoms with Gasteiger partial charge < -0.3 is 5.73 Å².